The summed E-state index contributed by atoms with van der Waals surface area (Å²) < 4.78 is 5.71. The average Bonchev–Trinajstić information content (AvgIpc) is 2.63. The molecule has 5 nitrogen and oxygen atoms in total. The molecule has 1 aliphatic rings. The van der Waals surface area contributed by atoms with Crippen molar-refractivity contribution in [3.63, 3.8) is 0 Å². The lowest BCUT2D eigenvalue weighted by atomic mass is 9.88. The quantitative estimate of drug-likeness (QED) is 0.511. The summed E-state index contributed by atoms with van der Waals surface area (Å²) in [4.78, 5) is 0. The number of benzene rings is 1. The number of unbranched alkanes of at least 4 members (excludes halogenated alkanes) is 5. The van der Waals surface area contributed by atoms with Crippen LogP contribution < -0.4 is 0 Å². The third kappa shape index (κ3) is 5.25. The van der Waals surface area contributed by atoms with Crippen molar-refractivity contribution in [1.29, 1.82) is 0 Å². The molecular formula is C20H32O5. The SMILES string of the molecule is CCCCCCCCc1ccccc1C1O[C@H](CO)[C@H](O)[C@H](O)[C@H]1O. The highest BCUT2D eigenvalue weighted by Crippen LogP contribution is 2.34. The van der Waals surface area contributed by atoms with Crippen molar-refractivity contribution < 1.29 is 25.2 Å². The summed E-state index contributed by atoms with van der Waals surface area (Å²) in [6, 6.07) is 7.74. The fourth-order valence-electron chi connectivity index (χ4n) is 3.49. The molecule has 25 heavy (non-hydrogen) atoms. The minimum atomic E-state index is -1.34. The van der Waals surface area contributed by atoms with E-state index < -0.39 is 37.1 Å². The van der Waals surface area contributed by atoms with Crippen LogP contribution in [0.4, 0.5) is 0 Å². The molecule has 5 atom stereocenters. The van der Waals surface area contributed by atoms with Crippen LogP contribution in [0.3, 0.4) is 0 Å². The zero-order valence-electron chi connectivity index (χ0n) is 15.1. The maximum atomic E-state index is 10.4. The molecule has 0 amide bonds. The molecular weight excluding hydrogens is 320 g/mol. The Bertz CT molecular complexity index is 505. The molecule has 1 unspecified atom stereocenters. The maximum absolute atomic E-state index is 10.4. The zero-order chi connectivity index (χ0) is 18.2. The predicted molar refractivity (Wildman–Crippen MR) is 96.2 cm³/mol. The van der Waals surface area contributed by atoms with Crippen molar-refractivity contribution in [1.82, 2.24) is 0 Å². The van der Waals surface area contributed by atoms with Crippen LogP contribution in [0.25, 0.3) is 0 Å². The maximum Gasteiger partial charge on any atom is 0.113 e. The van der Waals surface area contributed by atoms with E-state index in [9.17, 15) is 20.4 Å². The number of aliphatic hydroxyl groups excluding tert-OH is 4. The molecule has 4 N–H and O–H groups in total. The number of ether oxygens (including phenoxy) is 1. The first-order valence-corrected chi connectivity index (χ1v) is 9.48. The first kappa shape index (κ1) is 20.3. The first-order chi connectivity index (χ1) is 12.1. The Morgan fingerprint density at radius 3 is 2.28 bits per heavy atom. The average molecular weight is 352 g/mol. The number of hydrogen-bond donors (Lipinski definition) is 4. The van der Waals surface area contributed by atoms with Gasteiger partial charge in [-0.1, -0.05) is 63.3 Å². The molecule has 2 rings (SSSR count). The van der Waals surface area contributed by atoms with Gasteiger partial charge in [0, 0.05) is 0 Å². The molecule has 5 heteroatoms. The summed E-state index contributed by atoms with van der Waals surface area (Å²) in [5.74, 6) is 0. The van der Waals surface area contributed by atoms with E-state index in [1.165, 1.54) is 32.1 Å². The number of rotatable bonds is 9. The van der Waals surface area contributed by atoms with E-state index in [4.69, 9.17) is 4.74 Å². The molecule has 0 saturated carbocycles. The van der Waals surface area contributed by atoms with E-state index in [0.29, 0.717) is 0 Å². The molecule has 0 radical (unpaired) electrons. The summed E-state index contributed by atoms with van der Waals surface area (Å²) in [5, 5.41) is 39.7. The van der Waals surface area contributed by atoms with Crippen molar-refractivity contribution in [3.8, 4) is 0 Å². The lowest BCUT2D eigenvalue weighted by molar-refractivity contribution is -0.231. The highest BCUT2D eigenvalue weighted by molar-refractivity contribution is 5.31. The van der Waals surface area contributed by atoms with Crippen LogP contribution in [0.5, 0.6) is 0 Å². The Morgan fingerprint density at radius 2 is 1.56 bits per heavy atom. The van der Waals surface area contributed by atoms with E-state index >= 15 is 0 Å². The van der Waals surface area contributed by atoms with Crippen molar-refractivity contribution in [2.75, 3.05) is 6.61 Å². The van der Waals surface area contributed by atoms with Crippen LogP contribution in [0.15, 0.2) is 24.3 Å². The summed E-state index contributed by atoms with van der Waals surface area (Å²) in [5.41, 5.74) is 1.91. The Hall–Kier alpha value is -0.980. The van der Waals surface area contributed by atoms with Crippen LogP contribution in [0.2, 0.25) is 0 Å². The van der Waals surface area contributed by atoms with Crippen LogP contribution in [-0.2, 0) is 11.2 Å². The smallest absolute Gasteiger partial charge is 0.113 e. The van der Waals surface area contributed by atoms with Gasteiger partial charge in [-0.05, 0) is 24.0 Å². The van der Waals surface area contributed by atoms with Crippen molar-refractivity contribution >= 4 is 0 Å². The van der Waals surface area contributed by atoms with Crippen molar-refractivity contribution in [2.45, 2.75) is 82.4 Å². The fourth-order valence-corrected chi connectivity index (χ4v) is 3.49. The highest BCUT2D eigenvalue weighted by Gasteiger charge is 2.44. The highest BCUT2D eigenvalue weighted by atomic mass is 16.5. The third-order valence-corrected chi connectivity index (χ3v) is 5.05. The Kier molecular flexibility index (Phi) is 8.33. The minimum absolute atomic E-state index is 0.402. The van der Waals surface area contributed by atoms with E-state index in [2.05, 4.69) is 6.92 Å². The zero-order valence-corrected chi connectivity index (χ0v) is 15.1. The monoisotopic (exact) mass is 352 g/mol. The Morgan fingerprint density at radius 1 is 0.880 bits per heavy atom. The lowest BCUT2D eigenvalue weighted by Gasteiger charge is -2.40. The van der Waals surface area contributed by atoms with Gasteiger partial charge in [0.15, 0.2) is 0 Å². The number of aryl methyl sites for hydroxylation is 1. The molecule has 1 aromatic rings. The predicted octanol–water partition coefficient (Wildman–Crippen LogP) is 2.10. The van der Waals surface area contributed by atoms with Gasteiger partial charge in [0.05, 0.1) is 6.61 Å². The lowest BCUT2D eigenvalue weighted by Crippen LogP contribution is -2.55. The van der Waals surface area contributed by atoms with Gasteiger partial charge >= 0.3 is 0 Å². The Balaban J connectivity index is 2.03. The largest absolute Gasteiger partial charge is 0.394 e. The molecule has 142 valence electrons. The van der Waals surface area contributed by atoms with Gasteiger partial charge in [-0.3, -0.25) is 0 Å². The van der Waals surface area contributed by atoms with Gasteiger partial charge in [-0.15, -0.1) is 0 Å². The summed E-state index contributed by atoms with van der Waals surface area (Å²) in [7, 11) is 0. The molecule has 0 spiro atoms. The molecule has 1 aliphatic heterocycles. The van der Waals surface area contributed by atoms with Crippen LogP contribution in [0.1, 0.15) is 62.7 Å². The van der Waals surface area contributed by atoms with Gasteiger partial charge in [0.25, 0.3) is 0 Å². The standard InChI is InChI=1S/C20H32O5/c1-2-3-4-5-6-7-10-14-11-8-9-12-15(14)20-19(24)18(23)17(22)16(13-21)25-20/h8-9,11-12,16-24H,2-7,10,13H2,1H3/t16-,17+,18+,19-,20?/m1/s1. The number of hydrogen-bond acceptors (Lipinski definition) is 5. The summed E-state index contributed by atoms with van der Waals surface area (Å²) in [6.07, 6.45) is 2.65. The normalized spacial score (nSPS) is 29.7. The second-order valence-corrected chi connectivity index (χ2v) is 6.97. The molecule has 1 heterocycles. The number of aliphatic hydroxyl groups is 4. The molecule has 1 aromatic carbocycles. The van der Waals surface area contributed by atoms with Gasteiger partial charge in [-0.25, -0.2) is 0 Å². The van der Waals surface area contributed by atoms with Gasteiger partial charge in [0.2, 0.25) is 0 Å². The molecule has 1 fully saturated rings. The van der Waals surface area contributed by atoms with Gasteiger partial charge in [-0.2, -0.15) is 0 Å². The topological polar surface area (TPSA) is 90.2 Å². The molecule has 0 bridgehead atoms. The van der Waals surface area contributed by atoms with E-state index in [-0.39, 0.29) is 0 Å². The minimum Gasteiger partial charge on any atom is -0.394 e. The second-order valence-electron chi connectivity index (χ2n) is 6.97. The van der Waals surface area contributed by atoms with Crippen molar-refractivity contribution in [2.24, 2.45) is 0 Å². The van der Waals surface area contributed by atoms with E-state index in [1.54, 1.807) is 0 Å². The Labute approximate surface area is 150 Å². The summed E-state index contributed by atoms with van der Waals surface area (Å²) in [6.45, 7) is 1.80. The first-order valence-electron chi connectivity index (χ1n) is 9.48. The van der Waals surface area contributed by atoms with E-state index in [1.807, 2.05) is 24.3 Å². The molecule has 1 saturated heterocycles. The molecule has 0 aliphatic carbocycles. The van der Waals surface area contributed by atoms with Gasteiger partial charge < -0.3 is 25.2 Å². The second kappa shape index (κ2) is 10.2. The third-order valence-electron chi connectivity index (χ3n) is 5.05. The van der Waals surface area contributed by atoms with Gasteiger partial charge in [0.1, 0.15) is 30.5 Å². The van der Waals surface area contributed by atoms with Crippen molar-refractivity contribution in [3.05, 3.63) is 35.4 Å². The van der Waals surface area contributed by atoms with E-state index in [0.717, 1.165) is 24.0 Å². The fraction of sp³-hybridized carbons (Fsp3) is 0.700. The molecule has 0 aromatic heterocycles. The van der Waals surface area contributed by atoms with Crippen LogP contribution in [0, 0.1) is 0 Å². The van der Waals surface area contributed by atoms with Crippen LogP contribution >= 0.6 is 0 Å². The van der Waals surface area contributed by atoms with Crippen LogP contribution in [-0.4, -0.2) is 51.4 Å². The summed E-state index contributed by atoms with van der Waals surface area (Å²) >= 11 is 0.